The second-order valence-corrected chi connectivity index (χ2v) is 15.2. The van der Waals surface area contributed by atoms with Gasteiger partial charge >= 0.3 is 0 Å². The summed E-state index contributed by atoms with van der Waals surface area (Å²) in [5.41, 5.74) is 12.9. The predicted octanol–water partition coefficient (Wildman–Crippen LogP) is 16.4. The third-order valence-corrected chi connectivity index (χ3v) is 11.8. The molecule has 1 nitrogen and oxygen atoms in total. The maximum absolute atomic E-state index is 2.48. The number of nitrogens with zero attached hydrogens (tertiary/aromatic N) is 1. The van der Waals surface area contributed by atoms with Crippen molar-refractivity contribution in [1.29, 1.82) is 0 Å². The third kappa shape index (κ3) is 5.95. The van der Waals surface area contributed by atoms with Crippen molar-refractivity contribution in [2.24, 2.45) is 0 Å². The Morgan fingerprint density at radius 1 is 0.237 bits per heavy atom. The normalized spacial score (nSPS) is 11.4. The summed E-state index contributed by atoms with van der Waals surface area (Å²) in [7, 11) is 0. The summed E-state index contributed by atoms with van der Waals surface area (Å²) >= 11 is 0. The molecule has 0 aliphatic heterocycles. The largest absolute Gasteiger partial charge is 0.309 e. The zero-order chi connectivity index (χ0) is 39.1. The van der Waals surface area contributed by atoms with Gasteiger partial charge in [0.25, 0.3) is 0 Å². The van der Waals surface area contributed by atoms with Crippen LogP contribution in [0.3, 0.4) is 0 Å². The smallest absolute Gasteiger partial charge is 0.0546 e. The molecule has 0 aliphatic carbocycles. The molecule has 11 rings (SSSR count). The monoisotopic (exact) mass is 749 g/mol. The lowest BCUT2D eigenvalue weighted by Gasteiger charge is -2.31. The Labute approximate surface area is 344 Å². The van der Waals surface area contributed by atoms with Gasteiger partial charge in [-0.3, -0.25) is 0 Å². The van der Waals surface area contributed by atoms with Crippen LogP contribution in [0.2, 0.25) is 0 Å². The molecule has 0 heterocycles. The van der Waals surface area contributed by atoms with Crippen LogP contribution < -0.4 is 4.90 Å². The highest BCUT2D eigenvalue weighted by Crippen LogP contribution is 2.52. The zero-order valence-corrected chi connectivity index (χ0v) is 32.5. The van der Waals surface area contributed by atoms with E-state index >= 15 is 0 Å². The minimum atomic E-state index is 1.09. The first kappa shape index (κ1) is 34.5. The summed E-state index contributed by atoms with van der Waals surface area (Å²) in [6.07, 6.45) is 0. The van der Waals surface area contributed by atoms with Crippen LogP contribution in [0.1, 0.15) is 0 Å². The summed E-state index contributed by atoms with van der Waals surface area (Å²) in [5, 5.41) is 9.89. The van der Waals surface area contributed by atoms with Gasteiger partial charge in [-0.2, -0.15) is 0 Å². The Balaban J connectivity index is 1.25. The SMILES string of the molecule is c1ccc(-c2c(-c3cccc4ccc5ccccc5c34)ccc(N(c3ccccc3)c3ccc(-c4cccc5ccccc45)c4ccccc34)c2-c2ccccc2)cc1. The Kier molecular flexibility index (Phi) is 8.56. The predicted molar refractivity (Wildman–Crippen MR) is 253 cm³/mol. The maximum Gasteiger partial charge on any atom is 0.0546 e. The number of hydrogen-bond donors (Lipinski definition) is 0. The number of benzene rings is 11. The molecule has 0 spiro atoms. The molecule has 0 atom stereocenters. The standard InChI is InChI=1S/C58H39N/c1-4-20-42(21-5-1)57-53(52-33-17-25-44-35-34-41-19-11-13-29-47(41)56(44)52)37-39-55(58(57)43-22-6-2-7-23-43)59(45-26-8-3-9-27-45)54-38-36-50(49-30-14-15-31-51(49)54)48-32-16-24-40-18-10-12-28-46(40)48/h1-39H. The van der Waals surface area contributed by atoms with Crippen molar-refractivity contribution in [3.63, 3.8) is 0 Å². The molecule has 0 saturated heterocycles. The van der Waals surface area contributed by atoms with E-state index < -0.39 is 0 Å². The lowest BCUT2D eigenvalue weighted by atomic mass is 9.84. The van der Waals surface area contributed by atoms with Crippen LogP contribution in [-0.2, 0) is 0 Å². The van der Waals surface area contributed by atoms with Gasteiger partial charge in [-0.15, -0.1) is 0 Å². The topological polar surface area (TPSA) is 3.24 Å². The number of hydrogen-bond acceptors (Lipinski definition) is 1. The molecular weight excluding hydrogens is 711 g/mol. The van der Waals surface area contributed by atoms with Crippen molar-refractivity contribution in [1.82, 2.24) is 0 Å². The van der Waals surface area contributed by atoms with Crippen molar-refractivity contribution in [3.05, 3.63) is 237 Å². The highest BCUT2D eigenvalue weighted by molar-refractivity contribution is 6.17. The quantitative estimate of drug-likeness (QED) is 0.147. The molecule has 59 heavy (non-hydrogen) atoms. The molecule has 0 unspecified atom stereocenters. The zero-order valence-electron chi connectivity index (χ0n) is 32.5. The van der Waals surface area contributed by atoms with Gasteiger partial charge in [0.1, 0.15) is 0 Å². The van der Waals surface area contributed by atoms with Gasteiger partial charge in [-0.05, 0) is 101 Å². The fourth-order valence-electron chi connectivity index (χ4n) is 9.25. The van der Waals surface area contributed by atoms with Gasteiger partial charge in [0.15, 0.2) is 0 Å². The van der Waals surface area contributed by atoms with E-state index in [1.807, 2.05) is 0 Å². The Hall–Kier alpha value is -7.74. The average Bonchev–Trinajstić information content (AvgIpc) is 3.32. The molecule has 1 heteroatoms. The van der Waals surface area contributed by atoms with E-state index in [2.05, 4.69) is 241 Å². The van der Waals surface area contributed by atoms with Crippen molar-refractivity contribution in [2.75, 3.05) is 4.90 Å². The average molecular weight is 750 g/mol. The summed E-state index contributed by atoms with van der Waals surface area (Å²) < 4.78 is 0. The maximum atomic E-state index is 2.48. The van der Waals surface area contributed by atoms with E-state index in [1.165, 1.54) is 82.0 Å². The summed E-state index contributed by atoms with van der Waals surface area (Å²) in [6, 6.07) is 86.4. The van der Waals surface area contributed by atoms with E-state index in [9.17, 15) is 0 Å². The van der Waals surface area contributed by atoms with Crippen molar-refractivity contribution < 1.29 is 0 Å². The Morgan fingerprint density at radius 2 is 0.712 bits per heavy atom. The molecule has 11 aromatic carbocycles. The van der Waals surface area contributed by atoms with Crippen LogP contribution in [0.15, 0.2) is 237 Å². The third-order valence-electron chi connectivity index (χ3n) is 11.8. The number of anilines is 3. The minimum absolute atomic E-state index is 1.09. The summed E-state index contributed by atoms with van der Waals surface area (Å²) in [4.78, 5) is 2.48. The molecule has 0 bridgehead atoms. The van der Waals surface area contributed by atoms with E-state index in [1.54, 1.807) is 0 Å². The highest BCUT2D eigenvalue weighted by atomic mass is 15.1. The molecule has 0 amide bonds. The fourth-order valence-corrected chi connectivity index (χ4v) is 9.25. The van der Waals surface area contributed by atoms with Crippen LogP contribution >= 0.6 is 0 Å². The van der Waals surface area contributed by atoms with Crippen LogP contribution in [-0.4, -0.2) is 0 Å². The van der Waals surface area contributed by atoms with E-state index in [0.717, 1.165) is 22.6 Å². The van der Waals surface area contributed by atoms with E-state index in [-0.39, 0.29) is 0 Å². The second kappa shape index (κ2) is 14.6. The molecule has 276 valence electrons. The van der Waals surface area contributed by atoms with Gasteiger partial charge < -0.3 is 4.90 Å². The molecule has 0 saturated carbocycles. The first-order valence-electron chi connectivity index (χ1n) is 20.4. The molecule has 0 fully saturated rings. The van der Waals surface area contributed by atoms with Crippen LogP contribution in [0, 0.1) is 0 Å². The van der Waals surface area contributed by atoms with E-state index in [0.29, 0.717) is 0 Å². The summed E-state index contributed by atoms with van der Waals surface area (Å²) in [6.45, 7) is 0. The Bertz CT molecular complexity index is 3310. The van der Waals surface area contributed by atoms with Gasteiger partial charge in [0.05, 0.1) is 11.4 Å². The first-order chi connectivity index (χ1) is 29.3. The molecular formula is C58H39N. The van der Waals surface area contributed by atoms with E-state index in [4.69, 9.17) is 0 Å². The van der Waals surface area contributed by atoms with Gasteiger partial charge in [-0.25, -0.2) is 0 Å². The van der Waals surface area contributed by atoms with Crippen LogP contribution in [0.5, 0.6) is 0 Å². The van der Waals surface area contributed by atoms with Crippen molar-refractivity contribution in [3.8, 4) is 44.5 Å². The van der Waals surface area contributed by atoms with Crippen molar-refractivity contribution >= 4 is 60.2 Å². The first-order valence-corrected chi connectivity index (χ1v) is 20.4. The number of rotatable bonds is 7. The number of fused-ring (bicyclic) bond motifs is 5. The molecule has 0 N–H and O–H groups in total. The van der Waals surface area contributed by atoms with Gasteiger partial charge in [-0.1, -0.05) is 212 Å². The fraction of sp³-hybridized carbons (Fsp3) is 0. The second-order valence-electron chi connectivity index (χ2n) is 15.2. The molecule has 11 aromatic rings. The molecule has 0 aliphatic rings. The molecule has 0 radical (unpaired) electrons. The lowest BCUT2D eigenvalue weighted by molar-refractivity contribution is 1.30. The van der Waals surface area contributed by atoms with Crippen molar-refractivity contribution in [2.45, 2.75) is 0 Å². The molecule has 0 aromatic heterocycles. The Morgan fingerprint density at radius 3 is 1.44 bits per heavy atom. The van der Waals surface area contributed by atoms with Crippen LogP contribution in [0.25, 0.3) is 87.6 Å². The highest BCUT2D eigenvalue weighted by Gasteiger charge is 2.26. The minimum Gasteiger partial charge on any atom is -0.309 e. The van der Waals surface area contributed by atoms with Gasteiger partial charge in [0.2, 0.25) is 0 Å². The number of para-hydroxylation sites is 1. The van der Waals surface area contributed by atoms with Crippen LogP contribution in [0.4, 0.5) is 17.1 Å². The lowest BCUT2D eigenvalue weighted by Crippen LogP contribution is -2.13. The van der Waals surface area contributed by atoms with Gasteiger partial charge in [0, 0.05) is 16.6 Å². The summed E-state index contributed by atoms with van der Waals surface area (Å²) in [5.74, 6) is 0.